The lowest BCUT2D eigenvalue weighted by molar-refractivity contribution is 0.102. The number of aryl methyl sites for hydroxylation is 1. The van der Waals surface area contributed by atoms with E-state index in [1.54, 1.807) is 55.5 Å². The van der Waals surface area contributed by atoms with Crippen molar-refractivity contribution in [3.63, 3.8) is 0 Å². The van der Waals surface area contributed by atoms with Gasteiger partial charge in [0.25, 0.3) is 5.91 Å². The first-order chi connectivity index (χ1) is 12.9. The molecule has 1 heterocycles. The molecule has 3 rings (SSSR count). The van der Waals surface area contributed by atoms with Crippen molar-refractivity contribution >= 4 is 46.4 Å². The Hall–Kier alpha value is -3.14. The van der Waals surface area contributed by atoms with Crippen molar-refractivity contribution in [3.8, 4) is 6.07 Å². The predicted molar refractivity (Wildman–Crippen MR) is 106 cm³/mol. The summed E-state index contributed by atoms with van der Waals surface area (Å²) in [5.74, 6) is -0.174. The van der Waals surface area contributed by atoms with Crippen LogP contribution in [0.15, 0.2) is 48.5 Å². The number of benzene rings is 2. The second-order valence-corrected chi connectivity index (χ2v) is 6.52. The zero-order valence-electron chi connectivity index (χ0n) is 14.1. The van der Waals surface area contributed by atoms with E-state index < -0.39 is 5.91 Å². The second kappa shape index (κ2) is 8.04. The van der Waals surface area contributed by atoms with Crippen LogP contribution in [0.1, 0.15) is 21.7 Å². The lowest BCUT2D eigenvalue weighted by Crippen LogP contribution is -2.15. The van der Waals surface area contributed by atoms with Crippen LogP contribution in [0.2, 0.25) is 10.0 Å². The highest BCUT2D eigenvalue weighted by Gasteiger charge is 2.12. The minimum atomic E-state index is -0.414. The molecule has 1 amide bonds. The Kier molecular flexibility index (Phi) is 5.55. The molecule has 0 radical (unpaired) electrons. The fourth-order valence-corrected chi connectivity index (χ4v) is 2.88. The average molecular weight is 398 g/mol. The van der Waals surface area contributed by atoms with Crippen LogP contribution in [0.4, 0.5) is 17.3 Å². The van der Waals surface area contributed by atoms with Gasteiger partial charge in [0.1, 0.15) is 5.69 Å². The molecule has 0 bridgehead atoms. The van der Waals surface area contributed by atoms with Crippen LogP contribution in [0.3, 0.4) is 0 Å². The molecule has 2 aromatic carbocycles. The number of anilines is 3. The largest absolute Gasteiger partial charge is 0.324 e. The summed E-state index contributed by atoms with van der Waals surface area (Å²) in [4.78, 5) is 21.0. The Balaban J connectivity index is 1.84. The van der Waals surface area contributed by atoms with Gasteiger partial charge in [0.15, 0.2) is 0 Å². The molecule has 1 aromatic heterocycles. The number of hydrogen-bond donors (Lipinski definition) is 2. The van der Waals surface area contributed by atoms with Crippen molar-refractivity contribution in [1.82, 2.24) is 9.97 Å². The molecule has 0 unspecified atom stereocenters. The molecular formula is C19H13Cl2N5O. The van der Waals surface area contributed by atoms with Crippen LogP contribution in [0.5, 0.6) is 0 Å². The first-order valence-electron chi connectivity index (χ1n) is 7.83. The molecule has 8 heteroatoms. The molecule has 0 fully saturated rings. The summed E-state index contributed by atoms with van der Waals surface area (Å²) in [7, 11) is 0. The zero-order valence-corrected chi connectivity index (χ0v) is 15.6. The number of nitrogens with one attached hydrogen (secondary N) is 2. The molecule has 0 aliphatic carbocycles. The topological polar surface area (TPSA) is 90.7 Å². The molecule has 0 atom stereocenters. The van der Waals surface area contributed by atoms with Crippen LogP contribution in [0, 0.1) is 18.3 Å². The van der Waals surface area contributed by atoms with Gasteiger partial charge in [0, 0.05) is 27.1 Å². The Morgan fingerprint density at radius 2 is 1.78 bits per heavy atom. The third kappa shape index (κ3) is 4.94. The Morgan fingerprint density at radius 1 is 1.04 bits per heavy atom. The summed E-state index contributed by atoms with van der Waals surface area (Å²) < 4.78 is 0. The fourth-order valence-electron chi connectivity index (χ4n) is 2.36. The molecule has 0 spiro atoms. The van der Waals surface area contributed by atoms with Crippen molar-refractivity contribution in [2.45, 2.75) is 6.92 Å². The van der Waals surface area contributed by atoms with Crippen molar-refractivity contribution in [2.75, 3.05) is 10.6 Å². The van der Waals surface area contributed by atoms with Crippen LogP contribution >= 0.6 is 23.2 Å². The number of nitrogens with zero attached hydrogens (tertiary/aromatic N) is 3. The minimum absolute atomic E-state index is 0.181. The molecule has 3 aromatic rings. The molecule has 0 aliphatic rings. The van der Waals surface area contributed by atoms with Crippen molar-refractivity contribution in [1.29, 1.82) is 5.26 Å². The number of halogens is 2. The van der Waals surface area contributed by atoms with E-state index >= 15 is 0 Å². The molecule has 0 saturated carbocycles. The monoisotopic (exact) mass is 397 g/mol. The Labute approximate surface area is 165 Å². The van der Waals surface area contributed by atoms with Gasteiger partial charge in [-0.05, 0) is 49.4 Å². The number of aromatic nitrogens is 2. The van der Waals surface area contributed by atoms with Gasteiger partial charge >= 0.3 is 0 Å². The summed E-state index contributed by atoms with van der Waals surface area (Å²) in [6.45, 7) is 1.75. The highest BCUT2D eigenvalue weighted by molar-refractivity contribution is 6.35. The van der Waals surface area contributed by atoms with Crippen molar-refractivity contribution in [2.24, 2.45) is 0 Å². The maximum Gasteiger partial charge on any atom is 0.274 e. The quantitative estimate of drug-likeness (QED) is 0.648. The van der Waals surface area contributed by atoms with Crippen LogP contribution in [-0.4, -0.2) is 15.9 Å². The van der Waals surface area contributed by atoms with Crippen molar-refractivity contribution in [3.05, 3.63) is 75.5 Å². The number of carbonyl (C=O) groups is 1. The average Bonchev–Trinajstić information content (AvgIpc) is 2.60. The molecule has 6 nitrogen and oxygen atoms in total. The summed E-state index contributed by atoms with van der Waals surface area (Å²) >= 11 is 12.0. The molecule has 27 heavy (non-hydrogen) atoms. The smallest absolute Gasteiger partial charge is 0.274 e. The molecule has 0 aliphatic heterocycles. The highest BCUT2D eigenvalue weighted by Crippen LogP contribution is 2.24. The van der Waals surface area contributed by atoms with E-state index in [0.29, 0.717) is 32.7 Å². The van der Waals surface area contributed by atoms with E-state index in [1.165, 1.54) is 0 Å². The highest BCUT2D eigenvalue weighted by atomic mass is 35.5. The van der Waals surface area contributed by atoms with E-state index in [-0.39, 0.29) is 11.6 Å². The van der Waals surface area contributed by atoms with Gasteiger partial charge in [-0.2, -0.15) is 5.26 Å². The third-order valence-electron chi connectivity index (χ3n) is 3.46. The number of nitriles is 1. The van der Waals surface area contributed by atoms with Crippen LogP contribution in [-0.2, 0) is 0 Å². The van der Waals surface area contributed by atoms with E-state index in [4.69, 9.17) is 28.5 Å². The van der Waals surface area contributed by atoms with Gasteiger partial charge in [-0.1, -0.05) is 29.3 Å². The van der Waals surface area contributed by atoms with Gasteiger partial charge in [-0.25, -0.2) is 9.97 Å². The first-order valence-corrected chi connectivity index (χ1v) is 8.59. The lowest BCUT2D eigenvalue weighted by Gasteiger charge is -2.10. The number of amides is 1. The van der Waals surface area contributed by atoms with Crippen molar-refractivity contribution < 1.29 is 4.79 Å². The lowest BCUT2D eigenvalue weighted by atomic mass is 10.2. The van der Waals surface area contributed by atoms with Crippen LogP contribution in [0.25, 0.3) is 0 Å². The molecule has 134 valence electrons. The summed E-state index contributed by atoms with van der Waals surface area (Å²) in [6.07, 6.45) is 0. The van der Waals surface area contributed by atoms with Crippen LogP contribution < -0.4 is 10.6 Å². The number of carbonyl (C=O) groups excluding carboxylic acids is 1. The normalized spacial score (nSPS) is 10.1. The number of rotatable bonds is 4. The maximum atomic E-state index is 12.5. The summed E-state index contributed by atoms with van der Waals surface area (Å²) in [6, 6.07) is 15.2. The first kappa shape index (κ1) is 18.6. The second-order valence-electron chi connectivity index (χ2n) is 5.65. The number of hydrogen-bond acceptors (Lipinski definition) is 5. The molecule has 2 N–H and O–H groups in total. The molecule has 0 saturated heterocycles. The standard InChI is InChI=1S/C19H13Cl2N5O/c1-11-5-17(18(27)24-15-4-2-3-12(6-15)10-22)26-19(23-11)25-16-8-13(20)7-14(21)9-16/h2-9H,1H3,(H,24,27)(H,23,25,26). The summed E-state index contributed by atoms with van der Waals surface area (Å²) in [5, 5.41) is 15.6. The van der Waals surface area contributed by atoms with Gasteiger partial charge in [-0.3, -0.25) is 4.79 Å². The Morgan fingerprint density at radius 3 is 2.48 bits per heavy atom. The minimum Gasteiger partial charge on any atom is -0.324 e. The van der Waals surface area contributed by atoms with Gasteiger partial charge in [-0.15, -0.1) is 0 Å². The van der Waals surface area contributed by atoms with E-state index in [9.17, 15) is 4.79 Å². The maximum absolute atomic E-state index is 12.5. The van der Waals surface area contributed by atoms with Gasteiger partial charge in [0.2, 0.25) is 5.95 Å². The SMILES string of the molecule is Cc1cc(C(=O)Nc2cccc(C#N)c2)nc(Nc2cc(Cl)cc(Cl)c2)n1. The zero-order chi connectivity index (χ0) is 19.4. The Bertz CT molecular complexity index is 1040. The molecular weight excluding hydrogens is 385 g/mol. The van der Waals surface area contributed by atoms with Gasteiger partial charge in [0.05, 0.1) is 11.6 Å². The van der Waals surface area contributed by atoms with Gasteiger partial charge < -0.3 is 10.6 Å². The fraction of sp³-hybridized carbons (Fsp3) is 0.0526. The van der Waals surface area contributed by atoms with E-state index in [2.05, 4.69) is 20.6 Å². The predicted octanol–water partition coefficient (Wildman–Crippen LogP) is 4.96. The van der Waals surface area contributed by atoms with E-state index in [0.717, 1.165) is 0 Å². The van der Waals surface area contributed by atoms with E-state index in [1.807, 2.05) is 6.07 Å². The summed E-state index contributed by atoms with van der Waals surface area (Å²) in [5.41, 5.74) is 2.35. The third-order valence-corrected chi connectivity index (χ3v) is 3.89.